The van der Waals surface area contributed by atoms with Crippen molar-refractivity contribution in [2.45, 2.75) is 18.9 Å². The molecule has 1 aromatic rings. The van der Waals surface area contributed by atoms with Crippen LogP contribution in [0.5, 0.6) is 0 Å². The van der Waals surface area contributed by atoms with Crippen molar-refractivity contribution in [3.05, 3.63) is 35.4 Å². The smallest absolute Gasteiger partial charge is 0.261 e. The molecule has 0 aromatic heterocycles. The number of nitrogens with two attached hydrogens (primary N) is 1. The fraction of sp³-hybridized carbons (Fsp3) is 0.467. The highest BCUT2D eigenvalue weighted by atomic mass is 35.5. The van der Waals surface area contributed by atoms with Gasteiger partial charge < -0.3 is 10.6 Å². The zero-order chi connectivity index (χ0) is 14.1. The van der Waals surface area contributed by atoms with Crippen molar-refractivity contribution < 1.29 is 9.59 Å². The van der Waals surface area contributed by atoms with E-state index in [-0.39, 0.29) is 30.3 Å². The Labute approximate surface area is 130 Å². The van der Waals surface area contributed by atoms with E-state index in [1.165, 1.54) is 4.90 Å². The number of halogens is 1. The monoisotopic (exact) mass is 309 g/mol. The minimum Gasteiger partial charge on any atom is -0.327 e. The lowest BCUT2D eigenvalue weighted by Gasteiger charge is -2.31. The first kappa shape index (κ1) is 15.9. The number of nitrogens with zero attached hydrogens (tertiary/aromatic N) is 2. The Morgan fingerprint density at radius 1 is 1.10 bits per heavy atom. The molecule has 3 rings (SSSR count). The van der Waals surface area contributed by atoms with Gasteiger partial charge in [0, 0.05) is 25.7 Å². The van der Waals surface area contributed by atoms with Crippen molar-refractivity contribution >= 4 is 24.2 Å². The fourth-order valence-electron chi connectivity index (χ4n) is 2.98. The molecule has 6 heteroatoms. The number of piperidine rings is 1. The maximum absolute atomic E-state index is 12.2. The van der Waals surface area contributed by atoms with Gasteiger partial charge in [0.2, 0.25) is 0 Å². The fourth-order valence-corrected chi connectivity index (χ4v) is 2.98. The predicted octanol–water partition coefficient (Wildman–Crippen LogP) is 1.13. The second kappa shape index (κ2) is 6.56. The standard InChI is InChI=1S/C15H19N3O2.ClH/c16-11-4-3-7-17(10-11)8-9-18-14(19)12-5-1-2-6-13(12)15(18)20;/h1-2,5-6,11H,3-4,7-10,16H2;1H/t11-;/m1./s1. The van der Waals surface area contributed by atoms with Crippen molar-refractivity contribution in [2.24, 2.45) is 5.73 Å². The normalized spacial score (nSPS) is 22.1. The first-order chi connectivity index (χ1) is 9.66. The summed E-state index contributed by atoms with van der Waals surface area (Å²) in [7, 11) is 0. The molecule has 2 amide bonds. The molecule has 1 fully saturated rings. The maximum atomic E-state index is 12.2. The molecule has 2 N–H and O–H groups in total. The van der Waals surface area contributed by atoms with Gasteiger partial charge in [-0.25, -0.2) is 0 Å². The summed E-state index contributed by atoms with van der Waals surface area (Å²) in [6.45, 7) is 3.00. The Morgan fingerprint density at radius 3 is 2.29 bits per heavy atom. The number of rotatable bonds is 3. The van der Waals surface area contributed by atoms with Crippen LogP contribution in [0, 0.1) is 0 Å². The van der Waals surface area contributed by atoms with Gasteiger partial charge in [-0.1, -0.05) is 12.1 Å². The molecule has 2 aliphatic rings. The molecule has 1 saturated heterocycles. The quantitative estimate of drug-likeness (QED) is 0.850. The van der Waals surface area contributed by atoms with Crippen molar-refractivity contribution in [3.8, 4) is 0 Å². The SMILES string of the molecule is Cl.N[C@@H]1CCCN(CCN2C(=O)c3ccccc3C2=O)C1. The number of fused-ring (bicyclic) bond motifs is 1. The highest BCUT2D eigenvalue weighted by Gasteiger charge is 2.35. The van der Waals surface area contributed by atoms with Crippen molar-refractivity contribution in [1.82, 2.24) is 9.80 Å². The summed E-state index contributed by atoms with van der Waals surface area (Å²) in [6.07, 6.45) is 2.15. The summed E-state index contributed by atoms with van der Waals surface area (Å²) in [5, 5.41) is 0. The Bertz CT molecular complexity index is 514. The average molecular weight is 310 g/mol. The van der Waals surface area contributed by atoms with Crippen LogP contribution in [-0.4, -0.2) is 53.8 Å². The Balaban J connectivity index is 0.00000161. The maximum Gasteiger partial charge on any atom is 0.261 e. The van der Waals surface area contributed by atoms with Crippen molar-refractivity contribution in [1.29, 1.82) is 0 Å². The van der Waals surface area contributed by atoms with E-state index in [1.807, 2.05) is 0 Å². The summed E-state index contributed by atoms with van der Waals surface area (Å²) >= 11 is 0. The number of hydrogen-bond acceptors (Lipinski definition) is 4. The van der Waals surface area contributed by atoms with Crippen molar-refractivity contribution in [2.75, 3.05) is 26.2 Å². The molecule has 5 nitrogen and oxygen atoms in total. The Kier molecular flexibility index (Phi) is 4.98. The van der Waals surface area contributed by atoms with Crippen LogP contribution in [0.25, 0.3) is 0 Å². The third-order valence-corrected chi connectivity index (χ3v) is 4.06. The number of likely N-dealkylation sites (tertiary alicyclic amines) is 1. The molecule has 0 aliphatic carbocycles. The molecule has 1 aromatic carbocycles. The van der Waals surface area contributed by atoms with E-state index in [4.69, 9.17) is 5.73 Å². The number of carbonyl (C=O) groups is 2. The lowest BCUT2D eigenvalue weighted by molar-refractivity contribution is 0.0629. The van der Waals surface area contributed by atoms with E-state index < -0.39 is 0 Å². The second-order valence-corrected chi connectivity index (χ2v) is 5.51. The van der Waals surface area contributed by atoms with E-state index in [1.54, 1.807) is 24.3 Å². The lowest BCUT2D eigenvalue weighted by Crippen LogP contribution is -2.46. The van der Waals surface area contributed by atoms with Crippen LogP contribution in [0.1, 0.15) is 33.6 Å². The Hall–Kier alpha value is -1.43. The van der Waals surface area contributed by atoms with E-state index >= 15 is 0 Å². The summed E-state index contributed by atoms with van der Waals surface area (Å²) in [5.41, 5.74) is 6.99. The minimum absolute atomic E-state index is 0. The molecular formula is C15H20ClN3O2. The molecule has 0 bridgehead atoms. The first-order valence-corrected chi connectivity index (χ1v) is 7.10. The van der Waals surface area contributed by atoms with Gasteiger partial charge >= 0.3 is 0 Å². The second-order valence-electron chi connectivity index (χ2n) is 5.51. The zero-order valence-electron chi connectivity index (χ0n) is 11.8. The van der Waals surface area contributed by atoms with Gasteiger partial charge in [0.05, 0.1) is 11.1 Å². The molecule has 0 spiro atoms. The lowest BCUT2D eigenvalue weighted by atomic mass is 10.1. The number of amides is 2. The number of imide groups is 1. The van der Waals surface area contributed by atoms with Crippen LogP contribution in [-0.2, 0) is 0 Å². The topological polar surface area (TPSA) is 66.6 Å². The van der Waals surface area contributed by atoms with Crippen molar-refractivity contribution in [3.63, 3.8) is 0 Å². The van der Waals surface area contributed by atoms with Crippen LogP contribution in [0.2, 0.25) is 0 Å². The molecule has 2 heterocycles. The molecule has 2 aliphatic heterocycles. The van der Waals surface area contributed by atoms with Crippen LogP contribution in [0.4, 0.5) is 0 Å². The summed E-state index contributed by atoms with van der Waals surface area (Å²) < 4.78 is 0. The largest absolute Gasteiger partial charge is 0.327 e. The average Bonchev–Trinajstić information content (AvgIpc) is 2.70. The summed E-state index contributed by atoms with van der Waals surface area (Å²) in [6, 6.07) is 7.22. The number of benzene rings is 1. The van der Waals surface area contributed by atoms with Gasteiger partial charge in [-0.15, -0.1) is 12.4 Å². The van der Waals surface area contributed by atoms with Gasteiger partial charge in [-0.05, 0) is 31.5 Å². The van der Waals surface area contributed by atoms with E-state index in [2.05, 4.69) is 4.90 Å². The van der Waals surface area contributed by atoms with Crippen LogP contribution >= 0.6 is 12.4 Å². The Morgan fingerprint density at radius 2 is 1.71 bits per heavy atom. The molecule has 114 valence electrons. The van der Waals surface area contributed by atoms with E-state index in [0.29, 0.717) is 24.2 Å². The molecule has 21 heavy (non-hydrogen) atoms. The van der Waals surface area contributed by atoms with Gasteiger partial charge in [0.25, 0.3) is 11.8 Å². The first-order valence-electron chi connectivity index (χ1n) is 7.10. The van der Waals surface area contributed by atoms with E-state index in [9.17, 15) is 9.59 Å². The third-order valence-electron chi connectivity index (χ3n) is 4.06. The van der Waals surface area contributed by atoms with Gasteiger partial charge in [-0.2, -0.15) is 0 Å². The molecule has 0 saturated carbocycles. The molecule has 0 radical (unpaired) electrons. The van der Waals surface area contributed by atoms with E-state index in [0.717, 1.165) is 25.9 Å². The number of hydrogen-bond donors (Lipinski definition) is 1. The van der Waals surface area contributed by atoms with Crippen LogP contribution in [0.3, 0.4) is 0 Å². The van der Waals surface area contributed by atoms with Crippen LogP contribution in [0.15, 0.2) is 24.3 Å². The third kappa shape index (κ3) is 3.10. The highest BCUT2D eigenvalue weighted by Crippen LogP contribution is 2.22. The van der Waals surface area contributed by atoms with Gasteiger partial charge in [-0.3, -0.25) is 14.5 Å². The number of carbonyl (C=O) groups excluding carboxylic acids is 2. The van der Waals surface area contributed by atoms with Gasteiger partial charge in [0.15, 0.2) is 0 Å². The highest BCUT2D eigenvalue weighted by molar-refractivity contribution is 6.21. The van der Waals surface area contributed by atoms with Crippen LogP contribution < -0.4 is 5.73 Å². The predicted molar refractivity (Wildman–Crippen MR) is 82.7 cm³/mol. The minimum atomic E-state index is -0.174. The summed E-state index contributed by atoms with van der Waals surface area (Å²) in [4.78, 5) is 28.0. The molecule has 0 unspecified atom stereocenters. The molecule has 1 atom stereocenters. The summed E-state index contributed by atoms with van der Waals surface area (Å²) in [5.74, 6) is -0.348. The zero-order valence-corrected chi connectivity index (χ0v) is 12.6. The molecular weight excluding hydrogens is 290 g/mol. The van der Waals surface area contributed by atoms with Gasteiger partial charge in [0.1, 0.15) is 0 Å².